The Kier molecular flexibility index (Phi) is 4.03. The summed E-state index contributed by atoms with van der Waals surface area (Å²) in [5.41, 5.74) is 2.12. The molecule has 0 saturated carbocycles. The number of aromatic nitrogens is 2. The molecule has 0 spiro atoms. The van der Waals surface area contributed by atoms with Crippen molar-refractivity contribution in [2.24, 2.45) is 0 Å². The van der Waals surface area contributed by atoms with Gasteiger partial charge in [-0.25, -0.2) is 9.97 Å². The minimum atomic E-state index is -0.628. The van der Waals surface area contributed by atoms with E-state index in [1.807, 2.05) is 62.4 Å². The lowest BCUT2D eigenvalue weighted by Crippen LogP contribution is -2.41. The van der Waals surface area contributed by atoms with Crippen molar-refractivity contribution in [3.8, 4) is 0 Å². The number of rotatable bonds is 3. The molecule has 1 amide bonds. The molecule has 2 aromatic rings. The average Bonchev–Trinajstić information content (AvgIpc) is 2.55. The highest BCUT2D eigenvalue weighted by Crippen LogP contribution is 2.37. The van der Waals surface area contributed by atoms with Crippen LogP contribution >= 0.6 is 0 Å². The number of hydrogen-bond acceptors (Lipinski definition) is 4. The van der Waals surface area contributed by atoms with Crippen LogP contribution in [0.3, 0.4) is 0 Å². The molecule has 23 heavy (non-hydrogen) atoms. The number of benzene rings is 1. The van der Waals surface area contributed by atoms with E-state index in [-0.39, 0.29) is 5.91 Å². The van der Waals surface area contributed by atoms with E-state index in [0.29, 0.717) is 5.95 Å². The fourth-order valence-corrected chi connectivity index (χ4v) is 3.04. The zero-order valence-electron chi connectivity index (χ0n) is 13.8. The minimum Gasteiger partial charge on any atom is -0.347 e. The maximum atomic E-state index is 12.9. The molecule has 0 aliphatic heterocycles. The van der Waals surface area contributed by atoms with E-state index >= 15 is 0 Å². The normalized spacial score (nSPS) is 19.8. The van der Waals surface area contributed by atoms with Crippen LogP contribution in [0.4, 0.5) is 11.6 Å². The summed E-state index contributed by atoms with van der Waals surface area (Å²) in [4.78, 5) is 23.9. The van der Waals surface area contributed by atoms with E-state index < -0.39 is 5.41 Å². The lowest BCUT2D eigenvalue weighted by molar-refractivity contribution is -0.121. The van der Waals surface area contributed by atoms with Crippen molar-refractivity contribution in [3.63, 3.8) is 0 Å². The largest absolute Gasteiger partial charge is 0.347 e. The molecular formula is C18H22N4O. The van der Waals surface area contributed by atoms with Crippen molar-refractivity contribution in [2.45, 2.75) is 31.6 Å². The number of nitrogens with zero attached hydrogens (tertiary/aromatic N) is 3. The van der Waals surface area contributed by atoms with Crippen molar-refractivity contribution >= 4 is 17.5 Å². The first kappa shape index (κ1) is 15.5. The second-order valence-corrected chi connectivity index (χ2v) is 6.44. The van der Waals surface area contributed by atoms with Gasteiger partial charge in [-0.2, -0.15) is 0 Å². The van der Waals surface area contributed by atoms with Crippen LogP contribution in [0.5, 0.6) is 0 Å². The fourth-order valence-electron chi connectivity index (χ4n) is 3.04. The number of para-hydroxylation sites is 1. The van der Waals surface area contributed by atoms with Crippen LogP contribution < -0.4 is 10.2 Å². The van der Waals surface area contributed by atoms with Crippen molar-refractivity contribution in [1.29, 1.82) is 0 Å². The number of carbonyl (C=O) groups excluding carboxylic acids is 1. The van der Waals surface area contributed by atoms with Gasteiger partial charge in [0.1, 0.15) is 0 Å². The monoisotopic (exact) mass is 310 g/mol. The second-order valence-electron chi connectivity index (χ2n) is 6.44. The van der Waals surface area contributed by atoms with Gasteiger partial charge in [-0.1, -0.05) is 18.2 Å². The Bertz CT molecular complexity index is 714. The predicted molar refractivity (Wildman–Crippen MR) is 91.7 cm³/mol. The van der Waals surface area contributed by atoms with E-state index in [0.717, 1.165) is 36.2 Å². The smallest absolute Gasteiger partial charge is 0.236 e. The summed E-state index contributed by atoms with van der Waals surface area (Å²) in [7, 11) is 3.82. The van der Waals surface area contributed by atoms with Gasteiger partial charge >= 0.3 is 0 Å². The topological polar surface area (TPSA) is 58.1 Å². The van der Waals surface area contributed by atoms with Crippen LogP contribution in [0.1, 0.15) is 31.0 Å². The van der Waals surface area contributed by atoms with E-state index in [2.05, 4.69) is 15.3 Å². The number of hydrogen-bond donors (Lipinski definition) is 1. The summed E-state index contributed by atoms with van der Waals surface area (Å²) in [6, 6.07) is 9.56. The van der Waals surface area contributed by atoms with Crippen molar-refractivity contribution < 1.29 is 4.79 Å². The molecule has 1 N–H and O–H groups in total. The molecular weight excluding hydrogens is 288 g/mol. The lowest BCUT2D eigenvalue weighted by Gasteiger charge is -2.33. The van der Waals surface area contributed by atoms with E-state index in [1.54, 1.807) is 0 Å². The minimum absolute atomic E-state index is 0.00643. The molecule has 1 unspecified atom stereocenters. The van der Waals surface area contributed by atoms with Crippen LogP contribution in [0, 0.1) is 0 Å². The molecule has 5 heteroatoms. The summed E-state index contributed by atoms with van der Waals surface area (Å²) in [5, 5.41) is 3.03. The van der Waals surface area contributed by atoms with Crippen molar-refractivity contribution in [1.82, 2.24) is 9.97 Å². The Hall–Kier alpha value is -2.43. The molecule has 3 rings (SSSR count). The van der Waals surface area contributed by atoms with Crippen LogP contribution in [0.2, 0.25) is 0 Å². The lowest BCUT2D eigenvalue weighted by atomic mass is 9.74. The average molecular weight is 310 g/mol. The highest BCUT2D eigenvalue weighted by Gasteiger charge is 2.41. The fraction of sp³-hybridized carbons (Fsp3) is 0.389. The zero-order valence-corrected chi connectivity index (χ0v) is 13.8. The highest BCUT2D eigenvalue weighted by atomic mass is 16.2. The molecule has 0 bridgehead atoms. The zero-order chi connectivity index (χ0) is 16.4. The van der Waals surface area contributed by atoms with Gasteiger partial charge in [0.2, 0.25) is 11.9 Å². The summed E-state index contributed by atoms with van der Waals surface area (Å²) < 4.78 is 0. The van der Waals surface area contributed by atoms with Gasteiger partial charge in [0, 0.05) is 26.0 Å². The first-order valence-corrected chi connectivity index (χ1v) is 7.91. The third-order valence-corrected chi connectivity index (χ3v) is 4.43. The molecule has 1 heterocycles. The SMILES string of the molecule is CN(C)c1ncc2c(n1)C(C)(C(=O)Nc1ccccc1)CCC2. The Balaban J connectivity index is 1.96. The number of anilines is 2. The standard InChI is InChI=1S/C18H22N4O/c1-18(16(23)20-14-9-5-4-6-10-14)11-7-8-13-12-19-17(22(2)3)21-15(13)18/h4-6,9-10,12H,7-8,11H2,1-3H3,(H,20,23). The van der Waals surface area contributed by atoms with Gasteiger partial charge in [-0.15, -0.1) is 0 Å². The Morgan fingerprint density at radius 1 is 1.26 bits per heavy atom. The van der Waals surface area contributed by atoms with Crippen molar-refractivity contribution in [3.05, 3.63) is 47.8 Å². The van der Waals surface area contributed by atoms with Crippen molar-refractivity contribution in [2.75, 3.05) is 24.3 Å². The molecule has 5 nitrogen and oxygen atoms in total. The maximum absolute atomic E-state index is 12.9. The molecule has 0 fully saturated rings. The van der Waals surface area contributed by atoms with Gasteiger partial charge in [0.05, 0.1) is 11.1 Å². The Morgan fingerprint density at radius 3 is 2.70 bits per heavy atom. The molecule has 1 aromatic carbocycles. The number of carbonyl (C=O) groups is 1. The van der Waals surface area contributed by atoms with Gasteiger partial charge < -0.3 is 10.2 Å². The molecule has 120 valence electrons. The maximum Gasteiger partial charge on any atom is 0.236 e. The number of fused-ring (bicyclic) bond motifs is 1. The first-order valence-electron chi connectivity index (χ1n) is 7.91. The quantitative estimate of drug-likeness (QED) is 0.947. The molecule has 1 aliphatic rings. The number of aryl methyl sites for hydroxylation is 1. The van der Waals surface area contributed by atoms with Gasteiger partial charge in [-0.3, -0.25) is 4.79 Å². The first-order chi connectivity index (χ1) is 11.0. The van der Waals surface area contributed by atoms with Crippen LogP contribution in [-0.4, -0.2) is 30.0 Å². The third kappa shape index (κ3) is 2.91. The Labute approximate surface area is 136 Å². The second kappa shape index (κ2) is 5.99. The number of amides is 1. The summed E-state index contributed by atoms with van der Waals surface area (Å²) in [6.45, 7) is 1.98. The van der Waals surface area contributed by atoms with E-state index in [4.69, 9.17) is 0 Å². The van der Waals surface area contributed by atoms with E-state index in [9.17, 15) is 4.79 Å². The molecule has 0 saturated heterocycles. The van der Waals surface area contributed by atoms with Gasteiger partial charge in [0.15, 0.2) is 0 Å². The van der Waals surface area contributed by atoms with Crippen LogP contribution in [0.25, 0.3) is 0 Å². The Morgan fingerprint density at radius 2 is 2.00 bits per heavy atom. The molecule has 1 aromatic heterocycles. The highest BCUT2D eigenvalue weighted by molar-refractivity contribution is 5.99. The van der Waals surface area contributed by atoms with E-state index in [1.165, 1.54) is 0 Å². The van der Waals surface area contributed by atoms with Crippen LogP contribution in [0.15, 0.2) is 36.5 Å². The third-order valence-electron chi connectivity index (χ3n) is 4.43. The molecule has 0 radical (unpaired) electrons. The summed E-state index contributed by atoms with van der Waals surface area (Å²) in [5.74, 6) is 0.637. The number of nitrogens with one attached hydrogen (secondary N) is 1. The van der Waals surface area contributed by atoms with Gasteiger partial charge in [0.25, 0.3) is 0 Å². The summed E-state index contributed by atoms with van der Waals surface area (Å²) in [6.07, 6.45) is 4.56. The summed E-state index contributed by atoms with van der Waals surface area (Å²) >= 11 is 0. The molecule has 1 atom stereocenters. The van der Waals surface area contributed by atoms with Crippen LogP contribution in [-0.2, 0) is 16.6 Å². The molecule has 1 aliphatic carbocycles. The predicted octanol–water partition coefficient (Wildman–Crippen LogP) is 2.78. The van der Waals surface area contributed by atoms with Gasteiger partial charge in [-0.05, 0) is 43.9 Å².